The molecule has 2 aliphatic rings. The van der Waals surface area contributed by atoms with Crippen molar-refractivity contribution in [2.45, 2.75) is 93.5 Å². The van der Waals surface area contributed by atoms with Crippen LogP contribution >= 0.6 is 15.9 Å². The van der Waals surface area contributed by atoms with Crippen LogP contribution in [0.5, 0.6) is 11.5 Å². The van der Waals surface area contributed by atoms with Crippen LogP contribution in [0.15, 0.2) is 89.4 Å². The maximum Gasteiger partial charge on any atom is 0.410 e. The molecule has 8 rings (SSSR count). The Kier molecular flexibility index (Phi) is 18.1. The number of nitriles is 2. The molecule has 0 spiro atoms. The first-order valence-corrected chi connectivity index (χ1v) is 25.4. The quantitative estimate of drug-likeness (QED) is 0.148. The van der Waals surface area contributed by atoms with Crippen molar-refractivity contribution in [3.63, 3.8) is 0 Å². The minimum atomic E-state index is -0.496. The monoisotopic (exact) mass is 1030 g/mol. The summed E-state index contributed by atoms with van der Waals surface area (Å²) < 4.78 is 27.3. The average Bonchev–Trinajstić information content (AvgIpc) is 3.85. The molecule has 0 aliphatic carbocycles. The topological polar surface area (TPSA) is 150 Å². The highest BCUT2D eigenvalue weighted by atomic mass is 79.9. The van der Waals surface area contributed by atoms with Crippen LogP contribution in [0.2, 0.25) is 0 Å². The second kappa shape index (κ2) is 24.0. The Labute approximate surface area is 427 Å². The van der Waals surface area contributed by atoms with E-state index in [-0.39, 0.29) is 17.8 Å². The molecule has 0 unspecified atom stereocenters. The summed E-state index contributed by atoms with van der Waals surface area (Å²) in [5.74, 6) is 1.67. The molecular formula is C56H69BrN8O6. The number of nitrogens with zero attached hydrogens (tertiary/aromatic N) is 7. The van der Waals surface area contributed by atoms with Gasteiger partial charge in [-0.15, -0.1) is 0 Å². The van der Waals surface area contributed by atoms with Crippen LogP contribution in [0.1, 0.15) is 80.4 Å². The van der Waals surface area contributed by atoms with Gasteiger partial charge >= 0.3 is 12.2 Å². The molecule has 71 heavy (non-hydrogen) atoms. The van der Waals surface area contributed by atoms with Crippen LogP contribution in [-0.2, 0) is 22.6 Å². The first-order chi connectivity index (χ1) is 33.9. The molecule has 6 aromatic rings. The molecule has 0 atom stereocenters. The number of piperazine rings is 2. The second-order valence-electron chi connectivity index (χ2n) is 19.1. The summed E-state index contributed by atoms with van der Waals surface area (Å²) in [6.45, 7) is 28.1. The minimum absolute atomic E-state index is 0.200. The van der Waals surface area contributed by atoms with Crippen molar-refractivity contribution in [1.29, 1.82) is 10.5 Å². The third kappa shape index (κ3) is 13.4. The van der Waals surface area contributed by atoms with E-state index in [0.717, 1.165) is 124 Å². The van der Waals surface area contributed by atoms with E-state index >= 15 is 0 Å². The maximum absolute atomic E-state index is 12.4. The molecule has 14 nitrogen and oxygen atoms in total. The zero-order chi connectivity index (χ0) is 51.5. The van der Waals surface area contributed by atoms with E-state index in [1.165, 1.54) is 0 Å². The first kappa shape index (κ1) is 53.7. The van der Waals surface area contributed by atoms with E-state index in [9.17, 15) is 20.1 Å². The van der Waals surface area contributed by atoms with Gasteiger partial charge in [-0.2, -0.15) is 10.5 Å². The van der Waals surface area contributed by atoms with E-state index in [0.29, 0.717) is 31.9 Å². The van der Waals surface area contributed by atoms with Crippen molar-refractivity contribution in [1.82, 2.24) is 24.3 Å². The molecule has 2 saturated heterocycles. The molecule has 2 amide bonds. The van der Waals surface area contributed by atoms with Gasteiger partial charge in [0.25, 0.3) is 0 Å². The van der Waals surface area contributed by atoms with E-state index in [1.54, 1.807) is 9.80 Å². The van der Waals surface area contributed by atoms with Gasteiger partial charge in [-0.05, 0) is 159 Å². The molecule has 0 saturated carbocycles. The third-order valence-electron chi connectivity index (χ3n) is 11.9. The maximum atomic E-state index is 12.4. The number of anilines is 1. The number of amides is 2. The highest BCUT2D eigenvalue weighted by Crippen LogP contribution is 2.38. The van der Waals surface area contributed by atoms with Gasteiger partial charge in [0.05, 0.1) is 46.8 Å². The van der Waals surface area contributed by atoms with Crippen LogP contribution in [0.3, 0.4) is 0 Å². The number of carbonyl (C=O) groups excluding carboxylic acids is 2. The zero-order valence-electron chi connectivity index (χ0n) is 43.0. The van der Waals surface area contributed by atoms with Gasteiger partial charge in [-0.25, -0.2) is 9.59 Å². The molecule has 0 bridgehead atoms. The Morgan fingerprint density at radius 3 is 1.42 bits per heavy atom. The van der Waals surface area contributed by atoms with Crippen LogP contribution in [-0.4, -0.2) is 108 Å². The minimum Gasteiger partial charge on any atom is -0.494 e. The summed E-state index contributed by atoms with van der Waals surface area (Å²) in [4.78, 5) is 29.7. The van der Waals surface area contributed by atoms with Gasteiger partial charge in [0.1, 0.15) is 34.8 Å². The van der Waals surface area contributed by atoms with Crippen molar-refractivity contribution >= 4 is 55.6 Å². The van der Waals surface area contributed by atoms with Crippen LogP contribution in [0.25, 0.3) is 44.3 Å². The fourth-order valence-electron chi connectivity index (χ4n) is 8.74. The summed E-state index contributed by atoms with van der Waals surface area (Å²) in [5.41, 5.74) is 7.65. The van der Waals surface area contributed by atoms with Crippen molar-refractivity contribution in [3.8, 4) is 46.2 Å². The zero-order valence-corrected chi connectivity index (χ0v) is 44.6. The highest BCUT2D eigenvalue weighted by Gasteiger charge is 2.28. The standard InChI is InChI=1S/C28H34N4O3.C19H17BrN2O.C9H18N2O2/c1-6-32-25-18-21(30-14-16-31(17-15-30)27(33)35-28(3,4)5)10-13-23(25)24(19-29)26(32)20-8-11-22(12-9-20)34-7-2;1-3-22-18-11-14(20)7-10-16(18)17(12-21)19(22)13-5-8-15(9-6-13)23-4-2;1-9(2,3)13-8(12)11-6-4-10-5-7-11/h8-13,18H,6-7,14-17H2,1-5H3;5-11H,3-4H2,1-2H3;10H,4-7H2,1-3H3. The smallest absolute Gasteiger partial charge is 0.410 e. The van der Waals surface area contributed by atoms with E-state index < -0.39 is 5.60 Å². The van der Waals surface area contributed by atoms with Gasteiger partial charge < -0.3 is 48.1 Å². The Morgan fingerprint density at radius 1 is 0.592 bits per heavy atom. The predicted molar refractivity (Wildman–Crippen MR) is 286 cm³/mol. The molecule has 2 aromatic heterocycles. The summed E-state index contributed by atoms with van der Waals surface area (Å²) >= 11 is 3.52. The van der Waals surface area contributed by atoms with Crippen molar-refractivity contribution in [2.24, 2.45) is 0 Å². The lowest BCUT2D eigenvalue weighted by Gasteiger charge is -2.36. The first-order valence-electron chi connectivity index (χ1n) is 24.6. The molecular weight excluding hydrogens is 961 g/mol. The summed E-state index contributed by atoms with van der Waals surface area (Å²) in [5, 5.41) is 24.9. The molecule has 376 valence electrons. The Bertz CT molecular complexity index is 2850. The Balaban J connectivity index is 0.000000195. The van der Waals surface area contributed by atoms with Gasteiger partial charge in [0.2, 0.25) is 0 Å². The molecule has 4 heterocycles. The van der Waals surface area contributed by atoms with Gasteiger partial charge in [-0.1, -0.05) is 22.0 Å². The number of aryl methyl sites for hydroxylation is 2. The van der Waals surface area contributed by atoms with Crippen molar-refractivity contribution in [2.75, 3.05) is 70.5 Å². The Hall–Kier alpha value is -6.68. The van der Waals surface area contributed by atoms with Crippen molar-refractivity contribution < 1.29 is 28.5 Å². The number of carbonyl (C=O) groups is 2. The fourth-order valence-corrected chi connectivity index (χ4v) is 9.09. The molecule has 2 aliphatic heterocycles. The lowest BCUT2D eigenvalue weighted by atomic mass is 10.1. The van der Waals surface area contributed by atoms with Crippen LogP contribution < -0.4 is 19.7 Å². The highest BCUT2D eigenvalue weighted by molar-refractivity contribution is 9.10. The average molecular weight is 1030 g/mol. The number of hydrogen-bond donors (Lipinski definition) is 1. The fraction of sp³-hybridized carbons (Fsp3) is 0.429. The van der Waals surface area contributed by atoms with E-state index in [2.05, 4.69) is 79.5 Å². The number of fused-ring (bicyclic) bond motifs is 2. The number of halogens is 1. The lowest BCUT2D eigenvalue weighted by molar-refractivity contribution is 0.0223. The summed E-state index contributed by atoms with van der Waals surface area (Å²) in [6, 6.07) is 33.0. The van der Waals surface area contributed by atoms with Gasteiger partial charge in [0.15, 0.2) is 0 Å². The molecule has 2 fully saturated rings. The summed E-state index contributed by atoms with van der Waals surface area (Å²) in [7, 11) is 0. The molecule has 1 N–H and O–H groups in total. The van der Waals surface area contributed by atoms with Gasteiger partial charge in [-0.3, -0.25) is 0 Å². The summed E-state index contributed by atoms with van der Waals surface area (Å²) in [6.07, 6.45) is -0.458. The molecule has 15 heteroatoms. The van der Waals surface area contributed by atoms with Crippen molar-refractivity contribution in [3.05, 3.63) is 101 Å². The Morgan fingerprint density at radius 2 is 1.01 bits per heavy atom. The number of ether oxygens (including phenoxy) is 4. The molecule has 0 radical (unpaired) electrons. The largest absolute Gasteiger partial charge is 0.494 e. The van der Waals surface area contributed by atoms with E-state index in [1.807, 2.05) is 122 Å². The number of aromatic nitrogens is 2. The number of rotatable bonds is 9. The number of hydrogen-bond acceptors (Lipinski definition) is 10. The third-order valence-corrected chi connectivity index (χ3v) is 12.4. The SMILES string of the molecule is CC(C)(C)OC(=O)N1CCNCC1.CCOc1ccc(-c2c(C#N)c3ccc(Br)cc3n2CC)cc1.CCOc1ccc(-c2c(C#N)c3ccc(N4CCN(C(=O)OC(C)(C)C)CC4)cc3n2CC)cc1. The van der Waals surface area contributed by atoms with Crippen LogP contribution in [0.4, 0.5) is 15.3 Å². The lowest BCUT2D eigenvalue weighted by Crippen LogP contribution is -2.50. The van der Waals surface area contributed by atoms with E-state index in [4.69, 9.17) is 18.9 Å². The number of nitrogens with one attached hydrogen (secondary N) is 1. The normalized spacial score (nSPS) is 13.8. The number of benzene rings is 4. The molecule has 4 aromatic carbocycles. The second-order valence-corrected chi connectivity index (χ2v) is 20.0. The van der Waals surface area contributed by atoms with Crippen LogP contribution in [0, 0.1) is 22.7 Å². The predicted octanol–water partition coefficient (Wildman–Crippen LogP) is 11.8. The van der Waals surface area contributed by atoms with Gasteiger partial charge in [0, 0.05) is 86.4 Å².